The predicted octanol–water partition coefficient (Wildman–Crippen LogP) is 0.334. The van der Waals surface area contributed by atoms with Gasteiger partial charge < -0.3 is 15.2 Å². The second kappa shape index (κ2) is 4.94. The number of aliphatic carboxylic acids is 1. The van der Waals surface area contributed by atoms with Crippen molar-refractivity contribution in [2.24, 2.45) is 5.92 Å². The summed E-state index contributed by atoms with van der Waals surface area (Å²) in [4.78, 5) is 22.4. The number of nitrogens with one attached hydrogen (secondary N) is 1. The number of hydrogen-bond donors (Lipinski definition) is 2. The number of methoxy groups -OCH3 is 1. The van der Waals surface area contributed by atoms with E-state index in [1.165, 1.54) is 7.11 Å². The third-order valence-electron chi connectivity index (χ3n) is 2.45. The van der Waals surface area contributed by atoms with E-state index < -0.39 is 17.4 Å². The lowest BCUT2D eigenvalue weighted by Gasteiger charge is -2.33. The lowest BCUT2D eigenvalue weighted by Crippen LogP contribution is -2.53. The van der Waals surface area contributed by atoms with Gasteiger partial charge in [-0.1, -0.05) is 24.3 Å². The Bertz CT molecular complexity index is 348. The van der Waals surface area contributed by atoms with Crippen LogP contribution in [0.5, 0.6) is 0 Å². The molecular weight excluding hydrogens is 210 g/mol. The Kier molecular flexibility index (Phi) is 3.84. The van der Waals surface area contributed by atoms with E-state index in [1.807, 2.05) is 0 Å². The molecule has 0 saturated heterocycles. The second-order valence-corrected chi connectivity index (χ2v) is 3.82. The Hall–Kier alpha value is -1.62. The standard InChI is InChI=1S/C11H15NO4/c1-11(12-9(13)7-16-2)6-4-3-5-8(11)10(14)15/h3-6,8H,7H2,1-2H3,(H,12,13)(H,14,15). The maximum absolute atomic E-state index is 11.4. The molecule has 5 heteroatoms. The van der Waals surface area contributed by atoms with Crippen molar-refractivity contribution in [3.8, 4) is 0 Å². The second-order valence-electron chi connectivity index (χ2n) is 3.82. The zero-order valence-electron chi connectivity index (χ0n) is 9.27. The molecular formula is C11H15NO4. The molecule has 2 unspecified atom stereocenters. The van der Waals surface area contributed by atoms with E-state index in [0.717, 1.165) is 0 Å². The highest BCUT2D eigenvalue weighted by Crippen LogP contribution is 2.24. The first kappa shape index (κ1) is 12.4. The van der Waals surface area contributed by atoms with Crippen LogP contribution in [-0.2, 0) is 14.3 Å². The van der Waals surface area contributed by atoms with Crippen LogP contribution in [0.2, 0.25) is 0 Å². The summed E-state index contributed by atoms with van der Waals surface area (Å²) in [6, 6.07) is 0. The molecule has 0 saturated carbocycles. The fraction of sp³-hybridized carbons (Fsp3) is 0.455. The van der Waals surface area contributed by atoms with Gasteiger partial charge in [0.25, 0.3) is 0 Å². The molecule has 1 aliphatic carbocycles. The van der Waals surface area contributed by atoms with Gasteiger partial charge in [0.05, 0.1) is 5.54 Å². The number of ether oxygens (including phenoxy) is 1. The first-order valence-corrected chi connectivity index (χ1v) is 4.88. The van der Waals surface area contributed by atoms with Crippen molar-refractivity contribution in [3.63, 3.8) is 0 Å². The molecule has 5 nitrogen and oxygen atoms in total. The minimum atomic E-state index is -0.971. The van der Waals surface area contributed by atoms with E-state index in [0.29, 0.717) is 0 Å². The number of amides is 1. The fourth-order valence-electron chi connectivity index (χ4n) is 1.66. The van der Waals surface area contributed by atoms with Gasteiger partial charge in [0.15, 0.2) is 0 Å². The zero-order chi connectivity index (χ0) is 12.2. The van der Waals surface area contributed by atoms with Gasteiger partial charge in [-0.25, -0.2) is 0 Å². The molecule has 1 rings (SSSR count). The Morgan fingerprint density at radius 3 is 2.75 bits per heavy atom. The van der Waals surface area contributed by atoms with Gasteiger partial charge in [-0.05, 0) is 6.92 Å². The van der Waals surface area contributed by atoms with Crippen LogP contribution in [0.15, 0.2) is 24.3 Å². The Labute approximate surface area is 93.8 Å². The SMILES string of the molecule is COCC(=O)NC1(C)C=CC=CC1C(=O)O. The minimum Gasteiger partial charge on any atom is -0.481 e. The van der Waals surface area contributed by atoms with E-state index in [1.54, 1.807) is 31.2 Å². The van der Waals surface area contributed by atoms with Crippen molar-refractivity contribution in [1.82, 2.24) is 5.32 Å². The highest BCUT2D eigenvalue weighted by Gasteiger charge is 2.37. The molecule has 0 aromatic rings. The smallest absolute Gasteiger partial charge is 0.313 e. The maximum atomic E-state index is 11.4. The quantitative estimate of drug-likeness (QED) is 0.723. The lowest BCUT2D eigenvalue weighted by molar-refractivity contribution is -0.142. The van der Waals surface area contributed by atoms with Crippen LogP contribution >= 0.6 is 0 Å². The predicted molar refractivity (Wildman–Crippen MR) is 57.8 cm³/mol. The van der Waals surface area contributed by atoms with Crippen molar-refractivity contribution in [2.75, 3.05) is 13.7 Å². The monoisotopic (exact) mass is 225 g/mol. The van der Waals surface area contributed by atoms with Crippen molar-refractivity contribution in [2.45, 2.75) is 12.5 Å². The Balaban J connectivity index is 2.80. The largest absolute Gasteiger partial charge is 0.481 e. The fourth-order valence-corrected chi connectivity index (χ4v) is 1.66. The molecule has 0 heterocycles. The number of hydrogen-bond acceptors (Lipinski definition) is 3. The van der Waals surface area contributed by atoms with Crippen molar-refractivity contribution in [3.05, 3.63) is 24.3 Å². The summed E-state index contributed by atoms with van der Waals surface area (Å²) in [6.07, 6.45) is 6.59. The van der Waals surface area contributed by atoms with Crippen molar-refractivity contribution >= 4 is 11.9 Å². The molecule has 0 spiro atoms. The lowest BCUT2D eigenvalue weighted by atomic mass is 9.82. The van der Waals surface area contributed by atoms with Crippen LogP contribution in [0.3, 0.4) is 0 Å². The maximum Gasteiger partial charge on any atom is 0.313 e. The average molecular weight is 225 g/mol. The van der Waals surface area contributed by atoms with Crippen LogP contribution in [0.4, 0.5) is 0 Å². The first-order valence-electron chi connectivity index (χ1n) is 4.88. The third kappa shape index (κ3) is 2.70. The number of carbonyl (C=O) groups excluding carboxylic acids is 1. The van der Waals surface area contributed by atoms with Crippen LogP contribution < -0.4 is 5.32 Å². The molecule has 0 bridgehead atoms. The van der Waals surface area contributed by atoms with E-state index in [2.05, 4.69) is 10.1 Å². The highest BCUT2D eigenvalue weighted by molar-refractivity contribution is 5.81. The summed E-state index contributed by atoms with van der Waals surface area (Å²) < 4.78 is 4.68. The molecule has 88 valence electrons. The summed E-state index contributed by atoms with van der Waals surface area (Å²) in [5.41, 5.74) is -0.907. The van der Waals surface area contributed by atoms with Gasteiger partial charge in [0.1, 0.15) is 12.5 Å². The third-order valence-corrected chi connectivity index (χ3v) is 2.45. The van der Waals surface area contributed by atoms with Gasteiger partial charge in [-0.3, -0.25) is 9.59 Å². The number of allylic oxidation sites excluding steroid dienone is 2. The normalized spacial score (nSPS) is 27.8. The van der Waals surface area contributed by atoms with Gasteiger partial charge in [-0.2, -0.15) is 0 Å². The number of carboxylic acids is 1. The molecule has 0 aromatic heterocycles. The van der Waals surface area contributed by atoms with E-state index in [4.69, 9.17) is 5.11 Å². The molecule has 1 aliphatic rings. The van der Waals surface area contributed by atoms with Crippen LogP contribution in [0.1, 0.15) is 6.92 Å². The molecule has 0 aliphatic heterocycles. The molecule has 0 aromatic carbocycles. The molecule has 0 radical (unpaired) electrons. The van der Waals surface area contributed by atoms with E-state index >= 15 is 0 Å². The van der Waals surface area contributed by atoms with Gasteiger partial charge >= 0.3 is 5.97 Å². The molecule has 0 fully saturated rings. The summed E-state index contributed by atoms with van der Waals surface area (Å²) in [5.74, 6) is -2.07. The van der Waals surface area contributed by atoms with Crippen molar-refractivity contribution in [1.29, 1.82) is 0 Å². The molecule has 2 N–H and O–H groups in total. The van der Waals surface area contributed by atoms with Crippen LogP contribution in [0, 0.1) is 5.92 Å². The topological polar surface area (TPSA) is 75.6 Å². The average Bonchev–Trinajstić information content (AvgIpc) is 2.17. The summed E-state index contributed by atoms with van der Waals surface area (Å²) in [5, 5.41) is 11.7. The first-order chi connectivity index (χ1) is 7.49. The number of rotatable bonds is 4. The summed E-state index contributed by atoms with van der Waals surface area (Å²) >= 11 is 0. The molecule has 16 heavy (non-hydrogen) atoms. The molecule has 1 amide bonds. The highest BCUT2D eigenvalue weighted by atomic mass is 16.5. The van der Waals surface area contributed by atoms with E-state index in [9.17, 15) is 9.59 Å². The van der Waals surface area contributed by atoms with Gasteiger partial charge in [0, 0.05) is 7.11 Å². The summed E-state index contributed by atoms with van der Waals surface area (Å²) in [7, 11) is 1.41. The zero-order valence-corrected chi connectivity index (χ0v) is 9.27. The van der Waals surface area contributed by atoms with Gasteiger partial charge in [-0.15, -0.1) is 0 Å². The molecule has 2 atom stereocenters. The van der Waals surface area contributed by atoms with E-state index in [-0.39, 0.29) is 12.5 Å². The Morgan fingerprint density at radius 2 is 2.19 bits per heavy atom. The Morgan fingerprint density at radius 1 is 1.50 bits per heavy atom. The summed E-state index contributed by atoms with van der Waals surface area (Å²) in [6.45, 7) is 1.58. The van der Waals surface area contributed by atoms with Crippen molar-refractivity contribution < 1.29 is 19.4 Å². The van der Waals surface area contributed by atoms with Gasteiger partial charge in [0.2, 0.25) is 5.91 Å². The van der Waals surface area contributed by atoms with Crippen LogP contribution in [-0.4, -0.2) is 36.2 Å². The minimum absolute atomic E-state index is 0.0838. The number of carboxylic acid groups (broad SMARTS) is 1. The number of carbonyl (C=O) groups is 2. The van der Waals surface area contributed by atoms with Crippen LogP contribution in [0.25, 0.3) is 0 Å².